The van der Waals surface area contributed by atoms with Gasteiger partial charge in [-0.25, -0.2) is 0 Å². The van der Waals surface area contributed by atoms with Crippen LogP contribution >= 0.6 is 0 Å². The highest BCUT2D eigenvalue weighted by Gasteiger charge is 2.21. The molecule has 0 aliphatic carbocycles. The smallest absolute Gasteiger partial charge is 0.303 e. The van der Waals surface area contributed by atoms with Gasteiger partial charge >= 0.3 is 5.97 Å². The molecule has 6 heteroatoms. The number of carbonyl (C=O) groups is 2. The predicted molar refractivity (Wildman–Crippen MR) is 73.0 cm³/mol. The number of carbonyl (C=O) groups excluding carboxylic acids is 1. The minimum absolute atomic E-state index is 0.0649. The molecule has 1 aromatic rings. The van der Waals surface area contributed by atoms with Crippen molar-refractivity contribution in [2.75, 3.05) is 26.2 Å². The highest BCUT2D eigenvalue weighted by Crippen LogP contribution is 2.08. The van der Waals surface area contributed by atoms with Gasteiger partial charge in [0.25, 0.3) is 0 Å². The third kappa shape index (κ3) is 4.31. The highest BCUT2D eigenvalue weighted by atomic mass is 16.4. The number of nitrogens with zero attached hydrogens (tertiary/aromatic N) is 3. The van der Waals surface area contributed by atoms with E-state index in [4.69, 9.17) is 5.11 Å². The lowest BCUT2D eigenvalue weighted by molar-refractivity contribution is -0.141. The van der Waals surface area contributed by atoms with Crippen LogP contribution in [0.3, 0.4) is 0 Å². The van der Waals surface area contributed by atoms with E-state index in [1.807, 2.05) is 18.2 Å². The maximum atomic E-state index is 11.8. The number of carboxylic acid groups (broad SMARTS) is 1. The second kappa shape index (κ2) is 7.00. The summed E-state index contributed by atoms with van der Waals surface area (Å²) >= 11 is 0. The van der Waals surface area contributed by atoms with E-state index < -0.39 is 5.97 Å². The second-order valence-electron chi connectivity index (χ2n) is 4.87. The van der Waals surface area contributed by atoms with Crippen LogP contribution in [0, 0.1) is 0 Å². The largest absolute Gasteiger partial charge is 0.481 e. The lowest BCUT2D eigenvalue weighted by atomic mass is 10.2. The number of aliphatic carboxylic acids is 1. The molecule has 0 radical (unpaired) electrons. The molecule has 1 aliphatic heterocycles. The van der Waals surface area contributed by atoms with Crippen LogP contribution in [0.25, 0.3) is 0 Å². The Morgan fingerprint density at radius 1 is 1.15 bits per heavy atom. The molecule has 1 amide bonds. The Balaban J connectivity index is 1.75. The number of piperazine rings is 1. The van der Waals surface area contributed by atoms with Gasteiger partial charge in [0.05, 0.1) is 12.1 Å². The first-order chi connectivity index (χ1) is 9.65. The van der Waals surface area contributed by atoms with Crippen molar-refractivity contribution >= 4 is 11.9 Å². The Hall–Kier alpha value is -1.95. The minimum atomic E-state index is -0.924. The molecule has 0 atom stereocenters. The van der Waals surface area contributed by atoms with Gasteiger partial charge in [-0.3, -0.25) is 19.5 Å². The molecule has 2 heterocycles. The van der Waals surface area contributed by atoms with Gasteiger partial charge in [-0.15, -0.1) is 0 Å². The highest BCUT2D eigenvalue weighted by molar-refractivity contribution is 5.80. The van der Waals surface area contributed by atoms with Crippen molar-refractivity contribution in [3.63, 3.8) is 0 Å². The molecule has 108 valence electrons. The van der Waals surface area contributed by atoms with Crippen molar-refractivity contribution < 1.29 is 14.7 Å². The second-order valence-corrected chi connectivity index (χ2v) is 4.87. The molecule has 1 N–H and O–H groups in total. The van der Waals surface area contributed by atoms with E-state index in [0.29, 0.717) is 13.1 Å². The van der Waals surface area contributed by atoms with Gasteiger partial charge < -0.3 is 10.0 Å². The van der Waals surface area contributed by atoms with E-state index in [1.54, 1.807) is 11.1 Å². The zero-order valence-corrected chi connectivity index (χ0v) is 11.4. The van der Waals surface area contributed by atoms with Gasteiger partial charge in [-0.2, -0.15) is 0 Å². The number of rotatable bonds is 5. The summed E-state index contributed by atoms with van der Waals surface area (Å²) in [7, 11) is 0. The predicted octanol–water partition coefficient (Wildman–Crippen LogP) is 0.591. The summed E-state index contributed by atoms with van der Waals surface area (Å²) in [4.78, 5) is 30.5. The molecule has 0 bridgehead atoms. The Morgan fingerprint density at radius 3 is 2.50 bits per heavy atom. The van der Waals surface area contributed by atoms with E-state index in [1.165, 1.54) is 0 Å². The molecular formula is C14H19N3O3. The Kier molecular flexibility index (Phi) is 5.06. The molecule has 2 rings (SSSR count). The van der Waals surface area contributed by atoms with Gasteiger partial charge in [-0.05, 0) is 12.1 Å². The van der Waals surface area contributed by atoms with Crippen LogP contribution in [0.5, 0.6) is 0 Å². The normalized spacial score (nSPS) is 16.1. The van der Waals surface area contributed by atoms with Crippen LogP contribution in [-0.2, 0) is 16.1 Å². The van der Waals surface area contributed by atoms with Crippen molar-refractivity contribution in [2.45, 2.75) is 19.4 Å². The summed E-state index contributed by atoms with van der Waals surface area (Å²) in [6.45, 7) is 3.71. The first-order valence-electron chi connectivity index (χ1n) is 6.77. The van der Waals surface area contributed by atoms with Crippen LogP contribution in [0.1, 0.15) is 18.5 Å². The van der Waals surface area contributed by atoms with Crippen LogP contribution in [0.4, 0.5) is 0 Å². The maximum Gasteiger partial charge on any atom is 0.303 e. The number of hydrogen-bond donors (Lipinski definition) is 1. The van der Waals surface area contributed by atoms with Crippen LogP contribution in [0.2, 0.25) is 0 Å². The Labute approximate surface area is 118 Å². The van der Waals surface area contributed by atoms with Gasteiger partial charge in [0.15, 0.2) is 0 Å². The van der Waals surface area contributed by atoms with E-state index >= 15 is 0 Å². The standard InChI is InChI=1S/C14H19N3O3/c18-13(4-5-14(19)20)17-9-7-16(8-10-17)11-12-3-1-2-6-15-12/h1-3,6H,4-5,7-11H2,(H,19,20). The molecule has 0 aromatic carbocycles. The lowest BCUT2D eigenvalue weighted by Crippen LogP contribution is -2.48. The topological polar surface area (TPSA) is 73.7 Å². The maximum absolute atomic E-state index is 11.8. The zero-order valence-electron chi connectivity index (χ0n) is 11.4. The average molecular weight is 277 g/mol. The fourth-order valence-corrected chi connectivity index (χ4v) is 2.25. The minimum Gasteiger partial charge on any atom is -0.481 e. The molecule has 0 saturated carbocycles. The molecule has 1 saturated heterocycles. The summed E-state index contributed by atoms with van der Waals surface area (Å²) in [6, 6.07) is 5.85. The monoisotopic (exact) mass is 277 g/mol. The van der Waals surface area contributed by atoms with E-state index in [2.05, 4.69) is 9.88 Å². The number of hydrogen-bond acceptors (Lipinski definition) is 4. The van der Waals surface area contributed by atoms with Gasteiger partial charge in [0, 0.05) is 45.3 Å². The number of aromatic nitrogens is 1. The third-order valence-corrected chi connectivity index (χ3v) is 3.39. The summed E-state index contributed by atoms with van der Waals surface area (Å²) < 4.78 is 0. The molecule has 0 unspecified atom stereocenters. The molecule has 1 fully saturated rings. The molecule has 1 aromatic heterocycles. The molecule has 0 spiro atoms. The molecule has 20 heavy (non-hydrogen) atoms. The molecule has 1 aliphatic rings. The van der Waals surface area contributed by atoms with E-state index in [9.17, 15) is 9.59 Å². The number of pyridine rings is 1. The van der Waals surface area contributed by atoms with Crippen molar-refractivity contribution in [1.29, 1.82) is 0 Å². The summed E-state index contributed by atoms with van der Waals surface area (Å²) in [5.41, 5.74) is 1.03. The van der Waals surface area contributed by atoms with Crippen molar-refractivity contribution in [1.82, 2.24) is 14.8 Å². The Morgan fingerprint density at radius 2 is 1.90 bits per heavy atom. The summed E-state index contributed by atoms with van der Waals surface area (Å²) in [6.07, 6.45) is 1.78. The van der Waals surface area contributed by atoms with Crippen molar-refractivity contribution in [3.8, 4) is 0 Å². The average Bonchev–Trinajstić information content (AvgIpc) is 2.46. The Bertz CT molecular complexity index is 456. The van der Waals surface area contributed by atoms with E-state index in [-0.39, 0.29) is 18.7 Å². The SMILES string of the molecule is O=C(O)CCC(=O)N1CCN(Cc2ccccn2)CC1. The van der Waals surface area contributed by atoms with Crippen molar-refractivity contribution in [3.05, 3.63) is 30.1 Å². The summed E-state index contributed by atoms with van der Waals surface area (Å²) in [5.74, 6) is -0.989. The first-order valence-corrected chi connectivity index (χ1v) is 6.77. The van der Waals surface area contributed by atoms with Gasteiger partial charge in [0.2, 0.25) is 5.91 Å². The zero-order chi connectivity index (χ0) is 14.4. The molecular weight excluding hydrogens is 258 g/mol. The third-order valence-electron chi connectivity index (χ3n) is 3.39. The van der Waals surface area contributed by atoms with Crippen LogP contribution in [0.15, 0.2) is 24.4 Å². The van der Waals surface area contributed by atoms with E-state index in [0.717, 1.165) is 25.3 Å². The lowest BCUT2D eigenvalue weighted by Gasteiger charge is -2.34. The van der Waals surface area contributed by atoms with Crippen molar-refractivity contribution in [2.24, 2.45) is 0 Å². The number of amides is 1. The fraction of sp³-hybridized carbons (Fsp3) is 0.500. The van der Waals surface area contributed by atoms with Gasteiger partial charge in [0.1, 0.15) is 0 Å². The molecule has 6 nitrogen and oxygen atoms in total. The quantitative estimate of drug-likeness (QED) is 0.852. The number of carboxylic acids is 1. The van der Waals surface area contributed by atoms with Crippen LogP contribution < -0.4 is 0 Å². The first kappa shape index (κ1) is 14.5. The van der Waals surface area contributed by atoms with Gasteiger partial charge in [-0.1, -0.05) is 6.07 Å². The fourth-order valence-electron chi connectivity index (χ4n) is 2.25. The van der Waals surface area contributed by atoms with Crippen LogP contribution in [-0.4, -0.2) is 57.9 Å². The summed E-state index contributed by atoms with van der Waals surface area (Å²) in [5, 5.41) is 8.58.